The molecule has 1 aromatic carbocycles. The van der Waals surface area contributed by atoms with Crippen LogP contribution in [0.2, 0.25) is 0 Å². The van der Waals surface area contributed by atoms with E-state index in [2.05, 4.69) is 51.5 Å². The number of aliphatic hydroxyl groups excluding tert-OH is 1. The van der Waals surface area contributed by atoms with E-state index in [1.54, 1.807) is 0 Å². The van der Waals surface area contributed by atoms with E-state index in [0.717, 1.165) is 17.9 Å². The summed E-state index contributed by atoms with van der Waals surface area (Å²) in [4.78, 5) is 4.63. The van der Waals surface area contributed by atoms with Crippen LogP contribution in [-0.2, 0) is 16.0 Å². The zero-order valence-electron chi connectivity index (χ0n) is 14.1. The van der Waals surface area contributed by atoms with E-state index in [1.807, 2.05) is 12.4 Å². The molecular formula is C19H21N3O3. The molecule has 25 heavy (non-hydrogen) atoms. The lowest BCUT2D eigenvalue weighted by Crippen LogP contribution is -2.30. The van der Waals surface area contributed by atoms with E-state index >= 15 is 0 Å². The van der Waals surface area contributed by atoms with Gasteiger partial charge in [-0.05, 0) is 19.1 Å². The number of aromatic nitrogens is 3. The van der Waals surface area contributed by atoms with Crippen LogP contribution in [-0.4, -0.2) is 50.8 Å². The van der Waals surface area contributed by atoms with Crippen LogP contribution in [0.4, 0.5) is 0 Å². The quantitative estimate of drug-likeness (QED) is 0.795. The van der Waals surface area contributed by atoms with E-state index in [0.29, 0.717) is 13.2 Å². The van der Waals surface area contributed by atoms with E-state index in [1.165, 1.54) is 10.9 Å². The minimum absolute atomic E-state index is 0.0307. The second kappa shape index (κ2) is 5.69. The summed E-state index contributed by atoms with van der Waals surface area (Å²) in [5.41, 5.74) is 2.32. The van der Waals surface area contributed by atoms with Gasteiger partial charge in [0.1, 0.15) is 24.1 Å². The number of aliphatic hydroxyl groups is 1. The number of benzene rings is 1. The molecule has 130 valence electrons. The fraction of sp³-hybridized carbons (Fsp3) is 0.421. The van der Waals surface area contributed by atoms with Gasteiger partial charge in [0.25, 0.3) is 0 Å². The van der Waals surface area contributed by atoms with Crippen molar-refractivity contribution in [3.05, 3.63) is 42.9 Å². The maximum atomic E-state index is 9.99. The molecule has 2 aromatic heterocycles. The molecule has 1 N–H and O–H groups in total. The molecule has 6 heteroatoms. The number of rotatable bonds is 3. The number of aryl methyl sites for hydroxylation is 1. The van der Waals surface area contributed by atoms with Crippen molar-refractivity contribution < 1.29 is 14.6 Å². The highest BCUT2D eigenvalue weighted by Crippen LogP contribution is 2.37. The highest BCUT2D eigenvalue weighted by Gasteiger charge is 2.48. The Balaban J connectivity index is 1.59. The molecule has 2 saturated heterocycles. The summed E-state index contributed by atoms with van der Waals surface area (Å²) in [7, 11) is 0. The van der Waals surface area contributed by atoms with Crippen LogP contribution in [0.25, 0.3) is 22.3 Å². The first-order valence-corrected chi connectivity index (χ1v) is 8.80. The Morgan fingerprint density at radius 2 is 2.04 bits per heavy atom. The number of nitrogens with zero attached hydrogens (tertiary/aromatic N) is 3. The van der Waals surface area contributed by atoms with Gasteiger partial charge < -0.3 is 23.7 Å². The van der Waals surface area contributed by atoms with E-state index in [-0.39, 0.29) is 18.2 Å². The second-order valence-corrected chi connectivity index (χ2v) is 6.73. The lowest BCUT2D eigenvalue weighted by atomic mass is 10.1. The van der Waals surface area contributed by atoms with Crippen LogP contribution >= 0.6 is 0 Å². The van der Waals surface area contributed by atoms with Gasteiger partial charge in [0.2, 0.25) is 0 Å². The smallest absolute Gasteiger partial charge is 0.141 e. The molecule has 0 saturated carbocycles. The predicted molar refractivity (Wildman–Crippen MR) is 93.4 cm³/mol. The predicted octanol–water partition coefficient (Wildman–Crippen LogP) is 2.22. The Labute approximate surface area is 145 Å². The van der Waals surface area contributed by atoms with Crippen LogP contribution in [0, 0.1) is 0 Å². The number of ether oxygens (including phenoxy) is 2. The lowest BCUT2D eigenvalue weighted by molar-refractivity contribution is 0.0172. The summed E-state index contributed by atoms with van der Waals surface area (Å²) in [6.07, 6.45) is 5.02. The number of hydrogen-bond acceptors (Lipinski definition) is 4. The van der Waals surface area contributed by atoms with Crippen molar-refractivity contribution in [1.82, 2.24) is 14.1 Å². The Hall–Kier alpha value is -2.15. The average molecular weight is 339 g/mol. The average Bonchev–Trinajstić information content (AvgIpc) is 3.39. The van der Waals surface area contributed by atoms with Crippen molar-refractivity contribution in [3.8, 4) is 11.4 Å². The fourth-order valence-electron chi connectivity index (χ4n) is 4.18. The monoisotopic (exact) mass is 339 g/mol. The van der Waals surface area contributed by atoms with Crippen LogP contribution in [0.3, 0.4) is 0 Å². The summed E-state index contributed by atoms with van der Waals surface area (Å²) in [5.74, 6) is 0.915. The van der Waals surface area contributed by atoms with Crippen molar-refractivity contribution in [2.24, 2.45) is 0 Å². The molecule has 0 amide bonds. The molecule has 0 spiro atoms. The third kappa shape index (κ3) is 2.18. The maximum Gasteiger partial charge on any atom is 0.141 e. The summed E-state index contributed by atoms with van der Waals surface area (Å²) < 4.78 is 16.0. The highest BCUT2D eigenvalue weighted by atomic mass is 16.6. The maximum absolute atomic E-state index is 9.99. The van der Waals surface area contributed by atoms with Crippen LogP contribution in [0.1, 0.15) is 13.0 Å². The van der Waals surface area contributed by atoms with Crippen LogP contribution in [0.15, 0.2) is 42.9 Å². The van der Waals surface area contributed by atoms with Gasteiger partial charge in [-0.15, -0.1) is 0 Å². The van der Waals surface area contributed by atoms with Gasteiger partial charge in [-0.25, -0.2) is 4.98 Å². The molecule has 0 radical (unpaired) electrons. The van der Waals surface area contributed by atoms with Crippen molar-refractivity contribution >= 4 is 10.9 Å². The summed E-state index contributed by atoms with van der Waals surface area (Å²) in [5, 5.41) is 11.2. The van der Waals surface area contributed by atoms with E-state index in [9.17, 15) is 5.11 Å². The molecule has 6 nitrogen and oxygen atoms in total. The SMILES string of the molecule is CCn1ccc2c(-c3nccn3[C@@H]3CO[C@H]4[C@@H]3OC[C@H]4O)cccc21. The molecule has 2 aliphatic rings. The zero-order chi connectivity index (χ0) is 17.0. The highest BCUT2D eigenvalue weighted by molar-refractivity contribution is 5.94. The minimum atomic E-state index is -0.538. The van der Waals surface area contributed by atoms with Crippen LogP contribution < -0.4 is 0 Å². The molecule has 5 rings (SSSR count). The van der Waals surface area contributed by atoms with Crippen molar-refractivity contribution in [2.45, 2.75) is 37.8 Å². The molecule has 0 bridgehead atoms. The zero-order valence-corrected chi connectivity index (χ0v) is 14.1. The van der Waals surface area contributed by atoms with Crippen molar-refractivity contribution in [1.29, 1.82) is 0 Å². The van der Waals surface area contributed by atoms with Crippen molar-refractivity contribution in [3.63, 3.8) is 0 Å². The number of imidazole rings is 1. The second-order valence-electron chi connectivity index (χ2n) is 6.73. The number of hydrogen-bond donors (Lipinski definition) is 1. The van der Waals surface area contributed by atoms with Crippen molar-refractivity contribution in [2.75, 3.05) is 13.2 Å². The minimum Gasteiger partial charge on any atom is -0.388 e. The van der Waals surface area contributed by atoms with Gasteiger partial charge in [0.05, 0.1) is 19.3 Å². The molecule has 4 heterocycles. The van der Waals surface area contributed by atoms with Gasteiger partial charge in [-0.1, -0.05) is 12.1 Å². The third-order valence-corrected chi connectivity index (χ3v) is 5.42. The van der Waals surface area contributed by atoms with Crippen LogP contribution in [0.5, 0.6) is 0 Å². The Kier molecular flexibility index (Phi) is 3.45. The normalized spacial score (nSPS) is 28.7. The van der Waals surface area contributed by atoms with E-state index in [4.69, 9.17) is 9.47 Å². The Morgan fingerprint density at radius 1 is 1.16 bits per heavy atom. The molecule has 4 atom stereocenters. The first kappa shape index (κ1) is 15.1. The molecule has 2 fully saturated rings. The van der Waals surface area contributed by atoms with Gasteiger partial charge in [-0.3, -0.25) is 0 Å². The largest absolute Gasteiger partial charge is 0.388 e. The van der Waals surface area contributed by atoms with Gasteiger partial charge in [-0.2, -0.15) is 0 Å². The molecule has 0 aliphatic carbocycles. The molecule has 3 aromatic rings. The first-order valence-electron chi connectivity index (χ1n) is 8.80. The topological polar surface area (TPSA) is 61.4 Å². The van der Waals surface area contributed by atoms with Gasteiger partial charge >= 0.3 is 0 Å². The van der Waals surface area contributed by atoms with Gasteiger partial charge in [0.15, 0.2) is 0 Å². The summed E-state index contributed by atoms with van der Waals surface area (Å²) in [6, 6.07) is 8.51. The lowest BCUT2D eigenvalue weighted by Gasteiger charge is -2.20. The summed E-state index contributed by atoms with van der Waals surface area (Å²) >= 11 is 0. The molecule has 2 aliphatic heterocycles. The fourth-order valence-corrected chi connectivity index (χ4v) is 4.18. The standard InChI is InChI=1S/C19H21N3O3/c1-2-21-8-6-12-13(4-3-5-14(12)21)19-20-7-9-22(19)15-10-24-18-16(23)11-25-17(15)18/h3-9,15-18,23H,2,10-11H2,1H3/t15-,16-,17-,18-/m1/s1. The first-order chi connectivity index (χ1) is 12.3. The third-order valence-electron chi connectivity index (χ3n) is 5.42. The van der Waals surface area contributed by atoms with E-state index < -0.39 is 6.10 Å². The van der Waals surface area contributed by atoms with Gasteiger partial charge in [0, 0.05) is 41.6 Å². The Morgan fingerprint density at radius 3 is 2.92 bits per heavy atom. The molecular weight excluding hydrogens is 318 g/mol. The Bertz CT molecular complexity index is 916. The summed E-state index contributed by atoms with van der Waals surface area (Å²) in [6.45, 7) is 3.95. The number of fused-ring (bicyclic) bond motifs is 2. The molecule has 0 unspecified atom stereocenters.